The second kappa shape index (κ2) is 7.10. The summed E-state index contributed by atoms with van der Waals surface area (Å²) in [5.41, 5.74) is 1.24. The highest BCUT2D eigenvalue weighted by atomic mass is 79.9. The fourth-order valence-corrected chi connectivity index (χ4v) is 2.07. The molecule has 0 saturated heterocycles. The summed E-state index contributed by atoms with van der Waals surface area (Å²) >= 11 is 9.43. The van der Waals surface area contributed by atoms with E-state index in [1.165, 1.54) is 5.56 Å². The highest BCUT2D eigenvalue weighted by Gasteiger charge is 2.10. The monoisotopic (exact) mass is 301 g/mol. The molecule has 88 valence electrons. The van der Waals surface area contributed by atoms with Crippen molar-refractivity contribution in [3.05, 3.63) is 45.9 Å². The second-order valence-electron chi connectivity index (χ2n) is 3.70. The fourth-order valence-electron chi connectivity index (χ4n) is 1.55. The van der Waals surface area contributed by atoms with Crippen LogP contribution in [0.1, 0.15) is 31.4 Å². The predicted octanol–water partition coefficient (Wildman–Crippen LogP) is 4.72. The van der Waals surface area contributed by atoms with Gasteiger partial charge < -0.3 is 5.32 Å². The van der Waals surface area contributed by atoms with Crippen molar-refractivity contribution >= 4 is 27.5 Å². The first kappa shape index (κ1) is 13.8. The molecule has 1 nitrogen and oxygen atoms in total. The third-order valence-corrected chi connectivity index (χ3v) is 3.60. The minimum absolute atomic E-state index is 0.325. The van der Waals surface area contributed by atoms with E-state index in [1.54, 1.807) is 0 Å². The van der Waals surface area contributed by atoms with Crippen LogP contribution in [-0.2, 0) is 0 Å². The van der Waals surface area contributed by atoms with Crippen LogP contribution in [0.25, 0.3) is 0 Å². The molecule has 0 aromatic heterocycles. The van der Waals surface area contributed by atoms with Gasteiger partial charge in [-0.2, -0.15) is 0 Å². The molecule has 0 amide bonds. The third kappa shape index (κ3) is 3.93. The molecule has 0 aliphatic carbocycles. The van der Waals surface area contributed by atoms with E-state index in [1.807, 2.05) is 12.1 Å². The smallest absolute Gasteiger partial charge is 0.0548 e. The molecule has 3 heteroatoms. The Morgan fingerprint density at radius 2 is 2.31 bits per heavy atom. The Kier molecular flexibility index (Phi) is 6.10. The molecule has 0 bridgehead atoms. The van der Waals surface area contributed by atoms with Gasteiger partial charge in [0, 0.05) is 10.5 Å². The van der Waals surface area contributed by atoms with E-state index in [4.69, 9.17) is 11.6 Å². The van der Waals surface area contributed by atoms with E-state index in [0.29, 0.717) is 6.04 Å². The van der Waals surface area contributed by atoms with Gasteiger partial charge in [0.2, 0.25) is 0 Å². The van der Waals surface area contributed by atoms with Gasteiger partial charge in [-0.15, -0.1) is 6.58 Å². The Hall–Kier alpha value is -0.310. The Labute approximate surface area is 111 Å². The molecule has 16 heavy (non-hydrogen) atoms. The van der Waals surface area contributed by atoms with Crippen LogP contribution in [0.3, 0.4) is 0 Å². The maximum atomic E-state index is 5.98. The molecule has 0 spiro atoms. The van der Waals surface area contributed by atoms with E-state index >= 15 is 0 Å². The maximum absolute atomic E-state index is 5.98. The van der Waals surface area contributed by atoms with Crippen molar-refractivity contribution in [2.75, 3.05) is 6.54 Å². The number of halogens is 2. The van der Waals surface area contributed by atoms with Gasteiger partial charge in [-0.25, -0.2) is 0 Å². The van der Waals surface area contributed by atoms with Crippen molar-refractivity contribution in [2.24, 2.45) is 0 Å². The normalized spacial score (nSPS) is 12.4. The summed E-state index contributed by atoms with van der Waals surface area (Å²) in [5, 5.41) is 4.24. The minimum atomic E-state index is 0.325. The molecule has 0 saturated carbocycles. The molecule has 0 fully saturated rings. The van der Waals surface area contributed by atoms with Gasteiger partial charge in [0.1, 0.15) is 0 Å². The van der Waals surface area contributed by atoms with Crippen molar-refractivity contribution in [1.82, 2.24) is 5.32 Å². The van der Waals surface area contributed by atoms with E-state index in [-0.39, 0.29) is 0 Å². The SMILES string of the molecule is C=CCC(NCCC)c1ccc(Cl)c(Br)c1. The summed E-state index contributed by atoms with van der Waals surface area (Å²) in [4.78, 5) is 0. The van der Waals surface area contributed by atoms with Crippen LogP contribution in [0, 0.1) is 0 Å². The first-order valence-corrected chi connectivity index (χ1v) is 6.65. The number of hydrogen-bond acceptors (Lipinski definition) is 1. The van der Waals surface area contributed by atoms with Gasteiger partial charge in [0.15, 0.2) is 0 Å². The summed E-state index contributed by atoms with van der Waals surface area (Å²) in [6.07, 6.45) is 3.99. The summed E-state index contributed by atoms with van der Waals surface area (Å²) in [7, 11) is 0. The number of nitrogens with one attached hydrogen (secondary N) is 1. The van der Waals surface area contributed by atoms with Crippen LogP contribution in [0.2, 0.25) is 5.02 Å². The zero-order valence-electron chi connectivity index (χ0n) is 9.47. The van der Waals surface area contributed by atoms with Gasteiger partial charge in [-0.3, -0.25) is 0 Å². The minimum Gasteiger partial charge on any atom is -0.310 e. The highest BCUT2D eigenvalue weighted by molar-refractivity contribution is 9.10. The lowest BCUT2D eigenvalue weighted by Crippen LogP contribution is -2.21. The number of hydrogen-bond donors (Lipinski definition) is 1. The Balaban J connectivity index is 2.82. The molecule has 1 atom stereocenters. The molecular weight excluding hydrogens is 286 g/mol. The molecule has 0 radical (unpaired) electrons. The molecule has 1 aromatic carbocycles. The highest BCUT2D eigenvalue weighted by Crippen LogP contribution is 2.27. The van der Waals surface area contributed by atoms with Gasteiger partial charge in [-0.1, -0.05) is 30.7 Å². The standard InChI is InChI=1S/C13H17BrClN/c1-3-5-13(16-8-4-2)10-6-7-12(15)11(14)9-10/h3,6-7,9,13,16H,1,4-5,8H2,2H3. The van der Waals surface area contributed by atoms with Crippen molar-refractivity contribution < 1.29 is 0 Å². The average Bonchev–Trinajstić information content (AvgIpc) is 2.28. The summed E-state index contributed by atoms with van der Waals surface area (Å²) < 4.78 is 0.944. The third-order valence-electron chi connectivity index (χ3n) is 2.39. The van der Waals surface area contributed by atoms with Crippen LogP contribution in [-0.4, -0.2) is 6.54 Å². The zero-order chi connectivity index (χ0) is 12.0. The first-order valence-electron chi connectivity index (χ1n) is 5.48. The Morgan fingerprint density at radius 1 is 1.56 bits per heavy atom. The van der Waals surface area contributed by atoms with E-state index in [9.17, 15) is 0 Å². The van der Waals surface area contributed by atoms with Crippen LogP contribution in [0.4, 0.5) is 0 Å². The Bertz CT molecular complexity index is 352. The summed E-state index contributed by atoms with van der Waals surface area (Å²) in [6.45, 7) is 6.97. The number of benzene rings is 1. The zero-order valence-corrected chi connectivity index (χ0v) is 11.8. The maximum Gasteiger partial charge on any atom is 0.0548 e. The molecule has 1 N–H and O–H groups in total. The molecular formula is C13H17BrClN. The first-order chi connectivity index (χ1) is 7.69. The summed E-state index contributed by atoms with van der Waals surface area (Å²) in [5.74, 6) is 0. The second-order valence-corrected chi connectivity index (χ2v) is 4.97. The quantitative estimate of drug-likeness (QED) is 0.750. The summed E-state index contributed by atoms with van der Waals surface area (Å²) in [6, 6.07) is 6.37. The van der Waals surface area contributed by atoms with Gasteiger partial charge in [0.05, 0.1) is 5.02 Å². The van der Waals surface area contributed by atoms with Crippen molar-refractivity contribution in [3.63, 3.8) is 0 Å². The lowest BCUT2D eigenvalue weighted by Gasteiger charge is -2.17. The lowest BCUT2D eigenvalue weighted by atomic mass is 10.0. The molecule has 1 aromatic rings. The molecule has 1 unspecified atom stereocenters. The lowest BCUT2D eigenvalue weighted by molar-refractivity contribution is 0.537. The topological polar surface area (TPSA) is 12.0 Å². The number of rotatable bonds is 6. The van der Waals surface area contributed by atoms with Crippen LogP contribution in [0.15, 0.2) is 35.3 Å². The predicted molar refractivity (Wildman–Crippen MR) is 75.0 cm³/mol. The largest absolute Gasteiger partial charge is 0.310 e. The van der Waals surface area contributed by atoms with Crippen LogP contribution < -0.4 is 5.32 Å². The molecule has 0 aliphatic rings. The van der Waals surface area contributed by atoms with E-state index < -0.39 is 0 Å². The average molecular weight is 303 g/mol. The van der Waals surface area contributed by atoms with Gasteiger partial charge >= 0.3 is 0 Å². The van der Waals surface area contributed by atoms with Gasteiger partial charge in [0.25, 0.3) is 0 Å². The molecule has 0 aliphatic heterocycles. The molecule has 0 heterocycles. The molecule has 1 rings (SSSR count). The fraction of sp³-hybridized carbons (Fsp3) is 0.385. The van der Waals surface area contributed by atoms with E-state index in [2.05, 4.69) is 46.9 Å². The van der Waals surface area contributed by atoms with Crippen molar-refractivity contribution in [3.8, 4) is 0 Å². The van der Waals surface area contributed by atoms with Crippen LogP contribution in [0.5, 0.6) is 0 Å². The van der Waals surface area contributed by atoms with Crippen molar-refractivity contribution in [1.29, 1.82) is 0 Å². The van der Waals surface area contributed by atoms with Crippen LogP contribution >= 0.6 is 27.5 Å². The van der Waals surface area contributed by atoms with E-state index in [0.717, 1.165) is 28.9 Å². The Morgan fingerprint density at radius 3 is 2.88 bits per heavy atom. The van der Waals surface area contributed by atoms with Gasteiger partial charge in [-0.05, 0) is 53.0 Å². The van der Waals surface area contributed by atoms with Crippen molar-refractivity contribution in [2.45, 2.75) is 25.8 Å².